The van der Waals surface area contributed by atoms with Gasteiger partial charge >= 0.3 is 0 Å². The number of hydrogen-bond acceptors (Lipinski definition) is 5. The largest absolute Gasteiger partial charge is 0.347 e. The fourth-order valence-corrected chi connectivity index (χ4v) is 5.32. The SMILES string of the molecule is O=C(CNC(=O)C1CCCN(S(=O)(=O)c2ccccc2)C1)Nc1cnc2ccccc2c1. The fraction of sp³-hybridized carbons (Fsp3) is 0.261. The summed E-state index contributed by atoms with van der Waals surface area (Å²) in [5.41, 5.74) is 1.37. The van der Waals surface area contributed by atoms with Gasteiger partial charge in [-0.3, -0.25) is 14.6 Å². The zero-order chi connectivity index (χ0) is 22.6. The minimum absolute atomic E-state index is 0.0965. The predicted octanol–water partition coefficient (Wildman–Crippen LogP) is 2.39. The summed E-state index contributed by atoms with van der Waals surface area (Å²) in [4.78, 5) is 29.4. The van der Waals surface area contributed by atoms with E-state index < -0.39 is 15.9 Å². The van der Waals surface area contributed by atoms with Gasteiger partial charge in [-0.15, -0.1) is 0 Å². The molecule has 2 heterocycles. The quantitative estimate of drug-likeness (QED) is 0.597. The smallest absolute Gasteiger partial charge is 0.243 e. The van der Waals surface area contributed by atoms with Crippen LogP contribution in [0.25, 0.3) is 10.9 Å². The normalized spacial score (nSPS) is 17.1. The Morgan fingerprint density at radius 1 is 1.06 bits per heavy atom. The van der Waals surface area contributed by atoms with Gasteiger partial charge in [-0.05, 0) is 37.1 Å². The van der Waals surface area contributed by atoms with Gasteiger partial charge in [0, 0.05) is 18.5 Å². The lowest BCUT2D eigenvalue weighted by Crippen LogP contribution is -2.46. The minimum Gasteiger partial charge on any atom is -0.347 e. The van der Waals surface area contributed by atoms with Crippen molar-refractivity contribution >= 4 is 38.4 Å². The van der Waals surface area contributed by atoms with E-state index in [-0.39, 0.29) is 29.8 Å². The molecule has 1 aliphatic rings. The number of fused-ring (bicyclic) bond motifs is 1. The number of para-hydroxylation sites is 1. The molecule has 1 atom stereocenters. The van der Waals surface area contributed by atoms with E-state index >= 15 is 0 Å². The molecule has 32 heavy (non-hydrogen) atoms. The molecule has 3 aromatic rings. The lowest BCUT2D eigenvalue weighted by molar-refractivity contribution is -0.128. The number of carbonyl (C=O) groups excluding carboxylic acids is 2. The van der Waals surface area contributed by atoms with Gasteiger partial charge in [0.1, 0.15) is 0 Å². The van der Waals surface area contributed by atoms with Gasteiger partial charge in [-0.2, -0.15) is 4.31 Å². The van der Waals surface area contributed by atoms with Gasteiger partial charge in [0.05, 0.1) is 34.8 Å². The van der Waals surface area contributed by atoms with Crippen molar-refractivity contribution in [1.82, 2.24) is 14.6 Å². The number of anilines is 1. The Kier molecular flexibility index (Phi) is 6.48. The first-order chi connectivity index (χ1) is 15.4. The number of sulfonamides is 1. The van der Waals surface area contributed by atoms with Gasteiger partial charge in [0.25, 0.3) is 0 Å². The van der Waals surface area contributed by atoms with Crippen molar-refractivity contribution in [3.8, 4) is 0 Å². The van der Waals surface area contributed by atoms with E-state index in [1.54, 1.807) is 36.5 Å². The highest BCUT2D eigenvalue weighted by molar-refractivity contribution is 7.89. The van der Waals surface area contributed by atoms with Crippen molar-refractivity contribution in [2.75, 3.05) is 25.0 Å². The maximum absolute atomic E-state index is 12.8. The molecule has 2 N–H and O–H groups in total. The molecule has 2 aromatic carbocycles. The van der Waals surface area contributed by atoms with E-state index in [2.05, 4.69) is 15.6 Å². The van der Waals surface area contributed by atoms with Crippen LogP contribution in [0.5, 0.6) is 0 Å². The van der Waals surface area contributed by atoms with E-state index in [9.17, 15) is 18.0 Å². The molecule has 9 heteroatoms. The Hall–Kier alpha value is -3.30. The van der Waals surface area contributed by atoms with Gasteiger partial charge in [-0.25, -0.2) is 8.42 Å². The van der Waals surface area contributed by atoms with Crippen molar-refractivity contribution in [3.05, 3.63) is 66.9 Å². The second-order valence-electron chi connectivity index (χ2n) is 7.70. The van der Waals surface area contributed by atoms with Crippen molar-refractivity contribution < 1.29 is 18.0 Å². The predicted molar refractivity (Wildman–Crippen MR) is 121 cm³/mol. The highest BCUT2D eigenvalue weighted by atomic mass is 32.2. The zero-order valence-corrected chi connectivity index (χ0v) is 18.2. The summed E-state index contributed by atoms with van der Waals surface area (Å²) in [5.74, 6) is -1.21. The number of hydrogen-bond donors (Lipinski definition) is 2. The van der Waals surface area contributed by atoms with E-state index in [0.717, 1.165) is 10.9 Å². The first-order valence-corrected chi connectivity index (χ1v) is 11.8. The molecule has 1 aliphatic heterocycles. The van der Waals surface area contributed by atoms with Crippen LogP contribution in [0.1, 0.15) is 12.8 Å². The summed E-state index contributed by atoms with van der Waals surface area (Å²) in [6.45, 7) is 0.267. The highest BCUT2D eigenvalue weighted by Gasteiger charge is 2.33. The molecule has 0 bridgehead atoms. The van der Waals surface area contributed by atoms with Crippen LogP contribution < -0.4 is 10.6 Å². The molecule has 0 aliphatic carbocycles. The van der Waals surface area contributed by atoms with Crippen molar-refractivity contribution in [2.45, 2.75) is 17.7 Å². The summed E-state index contributed by atoms with van der Waals surface area (Å²) < 4.78 is 27.0. The Morgan fingerprint density at radius 2 is 1.81 bits per heavy atom. The third-order valence-electron chi connectivity index (χ3n) is 5.43. The highest BCUT2D eigenvalue weighted by Crippen LogP contribution is 2.24. The number of pyridine rings is 1. The fourth-order valence-electron chi connectivity index (χ4n) is 3.77. The summed E-state index contributed by atoms with van der Waals surface area (Å²) in [6.07, 6.45) is 2.72. The number of nitrogens with one attached hydrogen (secondary N) is 2. The van der Waals surface area contributed by atoms with Gasteiger partial charge in [0.15, 0.2) is 0 Å². The molecular weight excluding hydrogens is 428 g/mol. The third kappa shape index (κ3) is 4.95. The molecule has 8 nitrogen and oxygen atoms in total. The van der Waals surface area contributed by atoms with Crippen molar-refractivity contribution in [3.63, 3.8) is 0 Å². The summed E-state index contributed by atoms with van der Waals surface area (Å²) in [5, 5.41) is 6.25. The van der Waals surface area contributed by atoms with E-state index in [1.165, 1.54) is 4.31 Å². The van der Waals surface area contributed by atoms with Crippen LogP contribution in [0, 0.1) is 5.92 Å². The Labute approximate surface area is 186 Å². The molecule has 166 valence electrons. The monoisotopic (exact) mass is 452 g/mol. The summed E-state index contributed by atoms with van der Waals surface area (Å²) in [7, 11) is -3.65. The van der Waals surface area contributed by atoms with Crippen LogP contribution in [-0.4, -0.2) is 49.2 Å². The van der Waals surface area contributed by atoms with Crippen LogP contribution in [-0.2, 0) is 19.6 Å². The molecular formula is C23H24N4O4S. The Bertz CT molecular complexity index is 1230. The molecule has 1 aromatic heterocycles. The molecule has 1 unspecified atom stereocenters. The first-order valence-electron chi connectivity index (χ1n) is 10.4. The van der Waals surface area contributed by atoms with E-state index in [1.807, 2.05) is 30.3 Å². The molecule has 4 rings (SSSR count). The second kappa shape index (κ2) is 9.46. The van der Waals surface area contributed by atoms with Crippen LogP contribution in [0.2, 0.25) is 0 Å². The summed E-state index contributed by atoms with van der Waals surface area (Å²) in [6, 6.07) is 17.6. The third-order valence-corrected chi connectivity index (χ3v) is 7.31. The second-order valence-corrected chi connectivity index (χ2v) is 9.64. The number of benzene rings is 2. The Morgan fingerprint density at radius 3 is 2.62 bits per heavy atom. The number of piperidine rings is 1. The van der Waals surface area contributed by atoms with Crippen LogP contribution >= 0.6 is 0 Å². The standard InChI is InChI=1S/C23H24N4O4S/c28-22(26-19-13-17-7-4-5-11-21(17)24-14-19)15-25-23(29)18-8-6-12-27(16-18)32(30,31)20-9-2-1-3-10-20/h1-5,7,9-11,13-14,18H,6,8,12,15-16H2,(H,25,29)(H,26,28). The number of aromatic nitrogens is 1. The number of rotatable bonds is 6. The molecule has 2 amide bonds. The van der Waals surface area contributed by atoms with Crippen LogP contribution in [0.3, 0.4) is 0 Å². The number of carbonyl (C=O) groups is 2. The molecule has 1 fully saturated rings. The molecule has 0 saturated carbocycles. The zero-order valence-electron chi connectivity index (χ0n) is 17.4. The average Bonchev–Trinajstić information content (AvgIpc) is 2.83. The lowest BCUT2D eigenvalue weighted by Gasteiger charge is -2.31. The van der Waals surface area contributed by atoms with E-state index in [4.69, 9.17) is 0 Å². The Balaban J connectivity index is 1.32. The maximum atomic E-state index is 12.8. The lowest BCUT2D eigenvalue weighted by atomic mass is 9.99. The maximum Gasteiger partial charge on any atom is 0.243 e. The molecule has 0 spiro atoms. The minimum atomic E-state index is -3.65. The van der Waals surface area contributed by atoms with Crippen LogP contribution in [0.15, 0.2) is 71.8 Å². The van der Waals surface area contributed by atoms with Crippen molar-refractivity contribution in [2.24, 2.45) is 5.92 Å². The van der Waals surface area contributed by atoms with Gasteiger partial charge < -0.3 is 10.6 Å². The van der Waals surface area contributed by atoms with Crippen LogP contribution in [0.4, 0.5) is 5.69 Å². The van der Waals surface area contributed by atoms with Crippen molar-refractivity contribution in [1.29, 1.82) is 0 Å². The van der Waals surface area contributed by atoms with Gasteiger partial charge in [0.2, 0.25) is 21.8 Å². The first kappa shape index (κ1) is 21.9. The average molecular weight is 453 g/mol. The summed E-state index contributed by atoms with van der Waals surface area (Å²) >= 11 is 0. The molecule has 0 radical (unpaired) electrons. The van der Waals surface area contributed by atoms with E-state index in [0.29, 0.717) is 25.1 Å². The molecule has 1 saturated heterocycles. The number of amides is 2. The van der Waals surface area contributed by atoms with Gasteiger partial charge in [-0.1, -0.05) is 36.4 Å². The topological polar surface area (TPSA) is 108 Å². The number of nitrogens with zero attached hydrogens (tertiary/aromatic N) is 2.